The maximum atomic E-state index is 14.8. The number of piperazine rings is 2. The minimum absolute atomic E-state index is 0.0514. The lowest BCUT2D eigenvalue weighted by molar-refractivity contribution is -0.265. The van der Waals surface area contributed by atoms with E-state index in [9.17, 15) is 44.4 Å². The number of Topliss-reactive ketones (excluding diaryl/α,β-unsaturated/α-hetero) is 2. The molecule has 2 aromatic rings. The van der Waals surface area contributed by atoms with Crippen molar-refractivity contribution in [3.05, 3.63) is 83.5 Å². The van der Waals surface area contributed by atoms with Crippen molar-refractivity contribution in [3.63, 3.8) is 0 Å². The number of hydrogen-bond acceptors (Lipinski definition) is 23. The van der Waals surface area contributed by atoms with Gasteiger partial charge in [-0.3, -0.25) is 24.1 Å². The van der Waals surface area contributed by atoms with Crippen molar-refractivity contribution in [3.8, 4) is 0 Å². The highest BCUT2D eigenvalue weighted by Gasteiger charge is 2.53. The first kappa shape index (κ1) is 79.5. The van der Waals surface area contributed by atoms with Gasteiger partial charge >= 0.3 is 5.97 Å². The van der Waals surface area contributed by atoms with Crippen LogP contribution in [0.2, 0.25) is 0 Å². The molecular weight excluding hydrogens is 1300 g/mol. The van der Waals surface area contributed by atoms with Gasteiger partial charge in [-0.15, -0.1) is 0 Å². The van der Waals surface area contributed by atoms with Crippen LogP contribution in [-0.2, 0) is 58.9 Å². The lowest BCUT2D eigenvalue weighted by Gasteiger charge is -2.43. The second-order valence-corrected chi connectivity index (χ2v) is 29.2. The highest BCUT2D eigenvalue weighted by atomic mass is 32.1. The molecule has 16 atom stereocenters. The van der Waals surface area contributed by atoms with E-state index in [4.69, 9.17) is 40.6 Å². The van der Waals surface area contributed by atoms with Gasteiger partial charge in [0, 0.05) is 147 Å². The first-order valence-corrected chi connectivity index (χ1v) is 36.7. The van der Waals surface area contributed by atoms with Gasteiger partial charge in [-0.2, -0.15) is 0 Å². The summed E-state index contributed by atoms with van der Waals surface area (Å²) in [6.45, 7) is 22.5. The van der Waals surface area contributed by atoms with Crippen molar-refractivity contribution in [2.75, 3.05) is 103 Å². The summed E-state index contributed by atoms with van der Waals surface area (Å²) in [7, 11) is 3.20. The molecule has 7 heterocycles. The van der Waals surface area contributed by atoms with Crippen LogP contribution in [0.1, 0.15) is 143 Å². The normalized spacial score (nSPS) is 33.1. The van der Waals surface area contributed by atoms with E-state index >= 15 is 0 Å². The zero-order chi connectivity index (χ0) is 72.2. The van der Waals surface area contributed by atoms with Gasteiger partial charge in [-0.1, -0.05) is 71.1 Å². The van der Waals surface area contributed by atoms with Crippen LogP contribution in [0, 0.1) is 42.4 Å². The molecule has 25 nitrogen and oxygen atoms in total. The molecule has 0 aromatic carbocycles. The van der Waals surface area contributed by atoms with Crippen LogP contribution < -0.4 is 15.1 Å². The van der Waals surface area contributed by atoms with Crippen molar-refractivity contribution in [2.45, 2.75) is 206 Å². The van der Waals surface area contributed by atoms with E-state index in [1.54, 1.807) is 60.4 Å². The third-order valence-corrected chi connectivity index (χ3v) is 21.4. The number of thiocarbonyl (C=S) groups is 1. The number of aryl methyl sites for hydroxylation is 1. The Bertz CT molecular complexity index is 3130. The topological polar surface area (TPSA) is 301 Å². The van der Waals surface area contributed by atoms with Gasteiger partial charge in [0.1, 0.15) is 30.5 Å². The number of aromatic nitrogens is 4. The predicted molar refractivity (Wildman–Crippen MR) is 381 cm³/mol. The number of carbonyl (C=O) groups is 5. The minimum Gasteiger partial charge on any atom is -0.465 e. The molecule has 8 rings (SSSR count). The number of piperidine rings is 1. The number of carbonyl (C=O) groups excluding carboxylic acids is 5. The molecule has 5 N–H and O–H groups in total. The van der Waals surface area contributed by atoms with E-state index in [0.29, 0.717) is 123 Å². The standard InChI is InChI=1S/C74H112N10O15S/c1-47-16-12-11-13-17-49(3)61(94-9)40-57-21-19-54(8)74(93,99-57)68(90)69(91)84-24-15-14-18-58(84)70(92)97-62(41-59(85)50(4)37-53(7)66(88)67(89)65(87)52(6)36-47)51(5)38-55-20-22-60(63(39-55)95-10)98-73(100)79-46-56-44-77-72(78-45-56)83-31-29-81(30-32-83)64(86)23-34-96-35-33-80-25-27-82(28-26-80)71-75-42-48(2)43-76-71/h11-13,16-17,37,42-45,47,50-52,54-55,57-63,66-67,85,88-89,93H,14-15,18-36,38-41,46H2,1-10H3,(H,79,100)/b13-11+,16-12+,49-17+,53-37+/t47-,50-,51-,52-,54-,55+,57+,58+,59-,60-,61+,62+,63-,66-,67+,74-/m1/s1. The zero-order valence-electron chi connectivity index (χ0n) is 60.5. The summed E-state index contributed by atoms with van der Waals surface area (Å²) in [6, 6.07) is -1.17. The van der Waals surface area contributed by atoms with Crippen LogP contribution in [0.3, 0.4) is 0 Å². The number of fused-ring (bicyclic) bond motifs is 3. The van der Waals surface area contributed by atoms with Crippen molar-refractivity contribution >= 4 is 58.6 Å². The lowest BCUT2D eigenvalue weighted by atomic mass is 9.78. The Morgan fingerprint density at radius 3 is 2.11 bits per heavy atom. The molecule has 554 valence electrons. The van der Waals surface area contributed by atoms with Crippen LogP contribution >= 0.6 is 12.2 Å². The summed E-state index contributed by atoms with van der Waals surface area (Å²) in [5, 5.41) is 50.1. The molecule has 2 bridgehead atoms. The molecule has 100 heavy (non-hydrogen) atoms. The van der Waals surface area contributed by atoms with Gasteiger partial charge in [-0.05, 0) is 132 Å². The van der Waals surface area contributed by atoms with Crippen LogP contribution in [-0.4, -0.2) is 243 Å². The van der Waals surface area contributed by atoms with E-state index in [1.165, 1.54) is 4.90 Å². The van der Waals surface area contributed by atoms with Gasteiger partial charge in [0.05, 0.1) is 44.1 Å². The smallest absolute Gasteiger partial charge is 0.329 e. The lowest BCUT2D eigenvalue weighted by Crippen LogP contribution is -2.61. The molecule has 5 aliphatic heterocycles. The maximum Gasteiger partial charge on any atom is 0.329 e. The van der Waals surface area contributed by atoms with Crippen LogP contribution in [0.15, 0.2) is 72.4 Å². The Balaban J connectivity index is 0.843. The molecule has 1 saturated carbocycles. The summed E-state index contributed by atoms with van der Waals surface area (Å²) >= 11 is 5.71. The number of hydrogen-bond donors (Lipinski definition) is 5. The van der Waals surface area contributed by atoms with Gasteiger partial charge in [-0.25, -0.2) is 24.7 Å². The number of aliphatic hydroxyl groups excluding tert-OH is 3. The van der Waals surface area contributed by atoms with Crippen molar-refractivity contribution in [1.82, 2.24) is 40.0 Å². The Morgan fingerprint density at radius 2 is 1.43 bits per heavy atom. The highest BCUT2D eigenvalue weighted by Crippen LogP contribution is 2.39. The van der Waals surface area contributed by atoms with E-state index in [1.807, 2.05) is 75.4 Å². The molecule has 2 amide bonds. The fourth-order valence-electron chi connectivity index (χ4n) is 14.6. The second kappa shape index (κ2) is 38.4. The van der Waals surface area contributed by atoms with Crippen LogP contribution in [0.25, 0.3) is 0 Å². The first-order chi connectivity index (χ1) is 47.8. The van der Waals surface area contributed by atoms with E-state index in [-0.39, 0.29) is 66.0 Å². The molecule has 0 unspecified atom stereocenters. The number of anilines is 2. The van der Waals surface area contributed by atoms with E-state index in [2.05, 4.69) is 40.0 Å². The quantitative estimate of drug-likeness (QED) is 0.0412. The van der Waals surface area contributed by atoms with E-state index < -0.39 is 89.6 Å². The van der Waals surface area contributed by atoms with Crippen molar-refractivity contribution in [2.24, 2.45) is 35.5 Å². The summed E-state index contributed by atoms with van der Waals surface area (Å²) in [5.74, 6) is -6.83. The fraction of sp³-hybridized carbons (Fsp3) is 0.703. The number of amides is 2. The van der Waals surface area contributed by atoms with Crippen LogP contribution in [0.5, 0.6) is 0 Å². The number of allylic oxidation sites excluding steroid dienone is 5. The number of cyclic esters (lactones) is 1. The maximum absolute atomic E-state index is 14.8. The average Bonchev–Trinajstić information content (AvgIpc) is 0.773. The van der Waals surface area contributed by atoms with Crippen LogP contribution in [0.4, 0.5) is 11.9 Å². The highest BCUT2D eigenvalue weighted by molar-refractivity contribution is 7.80. The first-order valence-electron chi connectivity index (χ1n) is 36.3. The Hall–Kier alpha value is -6.20. The Kier molecular flexibility index (Phi) is 30.5. The largest absolute Gasteiger partial charge is 0.465 e. The third kappa shape index (κ3) is 22.2. The number of ketones is 2. The number of nitrogens with zero attached hydrogens (tertiary/aromatic N) is 9. The number of nitrogens with one attached hydrogen (secondary N) is 1. The number of aliphatic hydroxyl groups is 4. The Labute approximate surface area is 596 Å². The van der Waals surface area contributed by atoms with Gasteiger partial charge < -0.3 is 73.8 Å². The fourth-order valence-corrected chi connectivity index (χ4v) is 14.8. The monoisotopic (exact) mass is 1410 g/mol. The van der Waals surface area contributed by atoms with Gasteiger partial charge in [0.25, 0.3) is 16.9 Å². The summed E-state index contributed by atoms with van der Waals surface area (Å²) in [4.78, 5) is 98.4. The molecular formula is C74H112N10O15S. The molecule has 26 heteroatoms. The number of methoxy groups -OCH3 is 2. The minimum atomic E-state index is -2.46. The van der Waals surface area contributed by atoms with E-state index in [0.717, 1.165) is 55.4 Å². The Morgan fingerprint density at radius 1 is 0.750 bits per heavy atom. The van der Waals surface area contributed by atoms with Gasteiger partial charge in [0.15, 0.2) is 5.78 Å². The molecule has 5 fully saturated rings. The number of ether oxygens (including phenoxy) is 6. The zero-order valence-corrected chi connectivity index (χ0v) is 61.3. The second-order valence-electron chi connectivity index (χ2n) is 28.8. The molecule has 0 radical (unpaired) electrons. The summed E-state index contributed by atoms with van der Waals surface area (Å²) in [5.41, 5.74) is 2.98. The van der Waals surface area contributed by atoms with Gasteiger partial charge in [0.2, 0.25) is 23.6 Å². The summed E-state index contributed by atoms with van der Waals surface area (Å²) in [6.07, 6.45) is 16.7. The number of esters is 1. The SMILES string of the molecule is CO[C@H]1C[C@@H]2CC[C@@H](C)[C@@](O)(O2)C(=O)C(=O)N2CCCC[C@H]2C(=O)O[C@H]([C@H](C)C[C@@H]2CC[C@@H](OC(=S)NCc3cnc(N4CCN(C(=O)CCOCCN5CCN(c6ncc(C)cn6)CC5)CC4)nc3)[C@H](OC)C2)C[C@@H](O)[C@H](C)/C=C(\C)[C@@H](O)[C@@H](O)C(=O)[C@H](C)C[C@H](C)/C=C/C=C/C=C/1C. The van der Waals surface area contributed by atoms with Crippen molar-refractivity contribution < 1.29 is 72.8 Å². The third-order valence-electron chi connectivity index (χ3n) is 21.1. The average molecular weight is 1410 g/mol. The molecule has 1 aliphatic carbocycles. The molecule has 4 saturated heterocycles. The number of rotatable bonds is 16. The molecule has 0 spiro atoms. The molecule has 6 aliphatic rings. The van der Waals surface area contributed by atoms with Crippen molar-refractivity contribution in [1.29, 1.82) is 0 Å². The predicted octanol–water partition coefficient (Wildman–Crippen LogP) is 6.18. The summed E-state index contributed by atoms with van der Waals surface area (Å²) < 4.78 is 36.8. The molecule has 2 aromatic heterocycles.